The second kappa shape index (κ2) is 8.38. The molecule has 0 saturated carbocycles. The van der Waals surface area contributed by atoms with E-state index in [9.17, 15) is 4.39 Å². The van der Waals surface area contributed by atoms with Crippen molar-refractivity contribution in [3.63, 3.8) is 0 Å². The summed E-state index contributed by atoms with van der Waals surface area (Å²) in [6.07, 6.45) is 2.39. The lowest BCUT2D eigenvalue weighted by molar-refractivity contribution is 0.169. The fourth-order valence-electron chi connectivity index (χ4n) is 2.91. The Morgan fingerprint density at radius 1 is 1.30 bits per heavy atom. The highest BCUT2D eigenvalue weighted by Gasteiger charge is 2.24. The predicted octanol–water partition coefficient (Wildman–Crippen LogP) is 3.67. The number of hydrogen-bond donors (Lipinski definition) is 1. The fourth-order valence-corrected chi connectivity index (χ4v) is 2.91. The Bertz CT molecular complexity index is 394. The van der Waals surface area contributed by atoms with Crippen LogP contribution in [0.4, 0.5) is 4.39 Å². The summed E-state index contributed by atoms with van der Waals surface area (Å²) in [5.74, 6) is -0.153. The van der Waals surface area contributed by atoms with E-state index >= 15 is 0 Å². The van der Waals surface area contributed by atoms with Crippen LogP contribution in [0.1, 0.15) is 39.2 Å². The standard InChI is InChI=1S/C17H29FN2/c1-5-10-17(3,13-19-6-2)14-20(4)12-15-8-7-9-16(18)11-15/h7-9,11,19H,5-6,10,12-14H2,1-4H3. The van der Waals surface area contributed by atoms with E-state index in [1.807, 2.05) is 6.07 Å². The van der Waals surface area contributed by atoms with Gasteiger partial charge in [0.15, 0.2) is 0 Å². The molecule has 1 rings (SSSR count). The van der Waals surface area contributed by atoms with Crippen molar-refractivity contribution in [1.29, 1.82) is 0 Å². The van der Waals surface area contributed by atoms with Gasteiger partial charge in [0, 0.05) is 19.6 Å². The molecule has 0 spiro atoms. The van der Waals surface area contributed by atoms with Crippen molar-refractivity contribution in [3.8, 4) is 0 Å². The van der Waals surface area contributed by atoms with E-state index in [1.54, 1.807) is 12.1 Å². The number of halogens is 1. The molecule has 20 heavy (non-hydrogen) atoms. The fraction of sp³-hybridized carbons (Fsp3) is 0.647. The van der Waals surface area contributed by atoms with Crippen LogP contribution in [0, 0.1) is 11.2 Å². The molecule has 1 unspecified atom stereocenters. The topological polar surface area (TPSA) is 15.3 Å². The zero-order chi connectivity index (χ0) is 15.0. The molecule has 0 aliphatic rings. The summed E-state index contributed by atoms with van der Waals surface area (Å²) in [6, 6.07) is 6.89. The van der Waals surface area contributed by atoms with Gasteiger partial charge in [0.2, 0.25) is 0 Å². The lowest BCUT2D eigenvalue weighted by atomic mass is 9.84. The average molecular weight is 280 g/mol. The molecule has 0 radical (unpaired) electrons. The predicted molar refractivity (Wildman–Crippen MR) is 84.3 cm³/mol. The first-order chi connectivity index (χ1) is 9.49. The van der Waals surface area contributed by atoms with E-state index in [2.05, 4.69) is 38.0 Å². The van der Waals surface area contributed by atoms with Crippen LogP contribution in [0.15, 0.2) is 24.3 Å². The van der Waals surface area contributed by atoms with Crippen LogP contribution in [-0.2, 0) is 6.54 Å². The van der Waals surface area contributed by atoms with Gasteiger partial charge in [-0.3, -0.25) is 0 Å². The number of nitrogens with one attached hydrogen (secondary N) is 1. The summed E-state index contributed by atoms with van der Waals surface area (Å²) in [7, 11) is 2.12. The lowest BCUT2D eigenvalue weighted by Gasteiger charge is -2.34. The highest BCUT2D eigenvalue weighted by atomic mass is 19.1. The smallest absolute Gasteiger partial charge is 0.123 e. The van der Waals surface area contributed by atoms with E-state index < -0.39 is 0 Å². The first-order valence-corrected chi connectivity index (χ1v) is 7.63. The Labute approximate surface area is 123 Å². The highest BCUT2D eigenvalue weighted by molar-refractivity contribution is 5.16. The summed E-state index contributed by atoms with van der Waals surface area (Å²) in [5.41, 5.74) is 1.31. The number of benzene rings is 1. The van der Waals surface area contributed by atoms with Gasteiger partial charge in [0.05, 0.1) is 0 Å². The summed E-state index contributed by atoms with van der Waals surface area (Å²) in [4.78, 5) is 2.29. The molecule has 0 saturated heterocycles. The van der Waals surface area contributed by atoms with E-state index in [0.717, 1.165) is 31.7 Å². The molecule has 0 fully saturated rings. The molecular formula is C17H29FN2. The molecule has 0 heterocycles. The largest absolute Gasteiger partial charge is 0.316 e. The summed E-state index contributed by atoms with van der Waals surface area (Å²) >= 11 is 0. The van der Waals surface area contributed by atoms with Gasteiger partial charge in [-0.2, -0.15) is 0 Å². The molecule has 1 N–H and O–H groups in total. The van der Waals surface area contributed by atoms with Crippen LogP contribution in [0.5, 0.6) is 0 Å². The highest BCUT2D eigenvalue weighted by Crippen LogP contribution is 2.24. The molecule has 0 amide bonds. The molecular weight excluding hydrogens is 251 g/mol. The molecule has 114 valence electrons. The van der Waals surface area contributed by atoms with Crippen molar-refractivity contribution in [2.24, 2.45) is 5.41 Å². The molecule has 1 atom stereocenters. The maximum absolute atomic E-state index is 13.2. The number of nitrogens with zero attached hydrogens (tertiary/aromatic N) is 1. The molecule has 0 aliphatic carbocycles. The van der Waals surface area contributed by atoms with E-state index in [0.29, 0.717) is 0 Å². The van der Waals surface area contributed by atoms with Crippen LogP contribution in [0.2, 0.25) is 0 Å². The number of rotatable bonds is 9. The van der Waals surface area contributed by atoms with Gasteiger partial charge in [-0.25, -0.2) is 4.39 Å². The Morgan fingerprint density at radius 3 is 2.65 bits per heavy atom. The minimum absolute atomic E-state index is 0.153. The van der Waals surface area contributed by atoms with Gasteiger partial charge < -0.3 is 10.2 Å². The van der Waals surface area contributed by atoms with Gasteiger partial charge in [-0.05, 0) is 43.1 Å². The monoisotopic (exact) mass is 280 g/mol. The van der Waals surface area contributed by atoms with Crippen molar-refractivity contribution in [2.75, 3.05) is 26.7 Å². The maximum Gasteiger partial charge on any atom is 0.123 e. The molecule has 1 aromatic rings. The van der Waals surface area contributed by atoms with Crippen molar-refractivity contribution in [2.45, 2.75) is 40.2 Å². The van der Waals surface area contributed by atoms with Crippen LogP contribution in [0.25, 0.3) is 0 Å². The maximum atomic E-state index is 13.2. The van der Waals surface area contributed by atoms with Crippen molar-refractivity contribution in [3.05, 3.63) is 35.6 Å². The van der Waals surface area contributed by atoms with E-state index in [-0.39, 0.29) is 11.2 Å². The second-order valence-electron chi connectivity index (χ2n) is 6.14. The Kier molecular flexibility index (Phi) is 7.17. The summed E-state index contributed by atoms with van der Waals surface area (Å²) < 4.78 is 13.2. The second-order valence-corrected chi connectivity index (χ2v) is 6.14. The number of hydrogen-bond acceptors (Lipinski definition) is 2. The Balaban J connectivity index is 2.59. The first-order valence-electron chi connectivity index (χ1n) is 7.63. The third-order valence-electron chi connectivity index (χ3n) is 3.65. The van der Waals surface area contributed by atoms with Crippen LogP contribution >= 0.6 is 0 Å². The normalized spacial score (nSPS) is 14.5. The molecule has 0 bridgehead atoms. The molecule has 2 nitrogen and oxygen atoms in total. The van der Waals surface area contributed by atoms with Gasteiger partial charge in [0.25, 0.3) is 0 Å². The van der Waals surface area contributed by atoms with Crippen LogP contribution < -0.4 is 5.32 Å². The van der Waals surface area contributed by atoms with E-state index in [4.69, 9.17) is 0 Å². The quantitative estimate of drug-likeness (QED) is 0.742. The Hall–Kier alpha value is -0.930. The third-order valence-corrected chi connectivity index (χ3v) is 3.65. The minimum Gasteiger partial charge on any atom is -0.316 e. The van der Waals surface area contributed by atoms with Gasteiger partial charge in [0.1, 0.15) is 5.82 Å². The SMILES string of the molecule is CCCC(C)(CNCC)CN(C)Cc1cccc(F)c1. The Morgan fingerprint density at radius 2 is 2.05 bits per heavy atom. The minimum atomic E-state index is -0.153. The van der Waals surface area contributed by atoms with Crippen LogP contribution in [0.3, 0.4) is 0 Å². The first kappa shape index (κ1) is 17.1. The van der Waals surface area contributed by atoms with Crippen LogP contribution in [-0.4, -0.2) is 31.6 Å². The van der Waals surface area contributed by atoms with Crippen molar-refractivity contribution < 1.29 is 4.39 Å². The molecule has 1 aromatic carbocycles. The summed E-state index contributed by atoms with van der Waals surface area (Å²) in [6.45, 7) is 10.6. The van der Waals surface area contributed by atoms with E-state index in [1.165, 1.54) is 18.9 Å². The molecule has 3 heteroatoms. The summed E-state index contributed by atoms with van der Waals surface area (Å²) in [5, 5.41) is 3.47. The lowest BCUT2D eigenvalue weighted by Crippen LogP contribution is -2.40. The molecule has 0 aliphatic heterocycles. The van der Waals surface area contributed by atoms with Gasteiger partial charge in [-0.15, -0.1) is 0 Å². The van der Waals surface area contributed by atoms with Gasteiger partial charge in [-0.1, -0.05) is 39.3 Å². The van der Waals surface area contributed by atoms with Crippen molar-refractivity contribution >= 4 is 0 Å². The zero-order valence-corrected chi connectivity index (χ0v) is 13.4. The van der Waals surface area contributed by atoms with Crippen molar-refractivity contribution in [1.82, 2.24) is 10.2 Å². The average Bonchev–Trinajstić information content (AvgIpc) is 2.36. The zero-order valence-electron chi connectivity index (χ0n) is 13.4. The van der Waals surface area contributed by atoms with Gasteiger partial charge >= 0.3 is 0 Å². The third kappa shape index (κ3) is 6.02. The molecule has 0 aromatic heterocycles.